The van der Waals surface area contributed by atoms with Crippen LogP contribution in [0.1, 0.15) is 49.1 Å². The number of nitrogens with zero attached hydrogens (tertiary/aromatic N) is 3. The minimum Gasteiger partial charge on any atom is -0.381 e. The molecular formula is C29H35F2N5O2. The van der Waals surface area contributed by atoms with E-state index >= 15 is 8.78 Å². The van der Waals surface area contributed by atoms with Gasteiger partial charge in [0, 0.05) is 56.5 Å². The maximum atomic E-state index is 15.7. The Kier molecular flexibility index (Phi) is 7.76. The molecule has 5 rings (SSSR count). The van der Waals surface area contributed by atoms with Gasteiger partial charge in [0.25, 0.3) is 0 Å². The summed E-state index contributed by atoms with van der Waals surface area (Å²) in [4.78, 5) is 13.7. The number of aromatic nitrogens is 2. The number of benzene rings is 2. The zero-order valence-electron chi connectivity index (χ0n) is 22.0. The highest BCUT2D eigenvalue weighted by molar-refractivity contribution is 5.88. The van der Waals surface area contributed by atoms with Gasteiger partial charge in [0.2, 0.25) is 0 Å². The largest absolute Gasteiger partial charge is 0.381 e. The molecule has 2 aliphatic rings. The zero-order chi connectivity index (χ0) is 26.8. The number of rotatable bonds is 7. The van der Waals surface area contributed by atoms with Gasteiger partial charge in [0.1, 0.15) is 11.6 Å². The fraction of sp³-hybridized carbons (Fsp3) is 0.448. The van der Waals surface area contributed by atoms with E-state index in [2.05, 4.69) is 36.2 Å². The Morgan fingerprint density at radius 2 is 1.84 bits per heavy atom. The lowest BCUT2D eigenvalue weighted by atomic mass is 9.96. The van der Waals surface area contributed by atoms with Crippen LogP contribution in [-0.2, 0) is 30.5 Å². The third-order valence-electron chi connectivity index (χ3n) is 7.72. The molecule has 1 saturated heterocycles. The average molecular weight is 524 g/mol. The van der Waals surface area contributed by atoms with Crippen molar-refractivity contribution >= 4 is 11.7 Å². The Morgan fingerprint density at radius 1 is 1.13 bits per heavy atom. The second-order valence-electron chi connectivity index (χ2n) is 10.2. The van der Waals surface area contributed by atoms with E-state index in [-0.39, 0.29) is 11.3 Å². The summed E-state index contributed by atoms with van der Waals surface area (Å²) in [7, 11) is 0. The molecule has 202 valence electrons. The molecule has 0 unspecified atom stereocenters. The van der Waals surface area contributed by atoms with E-state index in [1.54, 1.807) is 0 Å². The molecule has 3 aromatic rings. The van der Waals surface area contributed by atoms with Crippen molar-refractivity contribution in [3.05, 3.63) is 64.4 Å². The summed E-state index contributed by atoms with van der Waals surface area (Å²) in [6.45, 7) is 8.17. The van der Waals surface area contributed by atoms with Crippen LogP contribution in [0, 0.1) is 17.6 Å². The Morgan fingerprint density at radius 3 is 2.50 bits per heavy atom. The number of ether oxygens (including phenoxy) is 1. The van der Waals surface area contributed by atoms with Crippen LogP contribution in [-0.4, -0.2) is 47.0 Å². The molecular weight excluding hydrogens is 488 g/mol. The van der Waals surface area contributed by atoms with Crippen LogP contribution in [0.5, 0.6) is 0 Å². The van der Waals surface area contributed by atoms with Crippen molar-refractivity contribution in [3.8, 4) is 16.9 Å². The number of nitrogens with one attached hydrogen (secondary N) is 1. The van der Waals surface area contributed by atoms with Crippen LogP contribution in [0.2, 0.25) is 0 Å². The Labute approximate surface area is 222 Å². The zero-order valence-corrected chi connectivity index (χ0v) is 22.0. The summed E-state index contributed by atoms with van der Waals surface area (Å²) in [6, 6.07) is 7.34. The topological polar surface area (TPSA) is 85.4 Å². The molecule has 9 heteroatoms. The first-order chi connectivity index (χ1) is 18.4. The van der Waals surface area contributed by atoms with E-state index in [1.807, 2.05) is 10.7 Å². The second-order valence-corrected chi connectivity index (χ2v) is 10.2. The first-order valence-electron chi connectivity index (χ1n) is 13.5. The highest BCUT2D eigenvalue weighted by atomic mass is 19.1. The van der Waals surface area contributed by atoms with Crippen LogP contribution < -0.4 is 11.1 Å². The van der Waals surface area contributed by atoms with Crippen molar-refractivity contribution < 1.29 is 18.3 Å². The fourth-order valence-corrected chi connectivity index (χ4v) is 5.76. The number of fused-ring (bicyclic) bond motifs is 1. The molecule has 38 heavy (non-hydrogen) atoms. The predicted octanol–water partition coefficient (Wildman–Crippen LogP) is 5.22. The van der Waals surface area contributed by atoms with Crippen LogP contribution in [0.25, 0.3) is 16.9 Å². The van der Waals surface area contributed by atoms with Gasteiger partial charge in [-0.1, -0.05) is 32.0 Å². The molecule has 0 saturated carbocycles. The van der Waals surface area contributed by atoms with Crippen molar-refractivity contribution in [1.82, 2.24) is 14.7 Å². The molecule has 1 fully saturated rings. The van der Waals surface area contributed by atoms with E-state index < -0.39 is 17.7 Å². The van der Waals surface area contributed by atoms with Crippen molar-refractivity contribution in [2.45, 2.75) is 52.5 Å². The number of primary amides is 1. The Balaban J connectivity index is 1.65. The van der Waals surface area contributed by atoms with Gasteiger partial charge < -0.3 is 15.8 Å². The summed E-state index contributed by atoms with van der Waals surface area (Å²) in [6.07, 6.45) is 4.36. The van der Waals surface area contributed by atoms with Crippen molar-refractivity contribution in [2.24, 2.45) is 11.7 Å². The summed E-state index contributed by atoms with van der Waals surface area (Å²) in [5.41, 5.74) is 10.5. The summed E-state index contributed by atoms with van der Waals surface area (Å²) in [5, 5.41) is 7.20. The van der Waals surface area contributed by atoms with Crippen LogP contribution >= 0.6 is 0 Å². The fourth-order valence-electron chi connectivity index (χ4n) is 5.76. The molecule has 2 aliphatic heterocycles. The molecule has 0 bridgehead atoms. The number of nitrogens with two attached hydrogens (primary N) is 1. The first-order valence-corrected chi connectivity index (χ1v) is 13.5. The van der Waals surface area contributed by atoms with E-state index in [0.29, 0.717) is 18.2 Å². The molecule has 0 radical (unpaired) electrons. The molecule has 0 atom stereocenters. The number of halogens is 2. The molecule has 2 aromatic carbocycles. The number of para-hydroxylation sites is 1. The quantitative estimate of drug-likeness (QED) is 0.445. The van der Waals surface area contributed by atoms with Crippen molar-refractivity contribution in [2.75, 3.05) is 31.6 Å². The normalized spacial score (nSPS) is 16.4. The van der Waals surface area contributed by atoms with Gasteiger partial charge in [-0.3, -0.25) is 4.90 Å². The molecule has 0 aliphatic carbocycles. The number of carbonyl (C=O) groups excluding carboxylic acids is 1. The van der Waals surface area contributed by atoms with Gasteiger partial charge in [-0.05, 0) is 48.8 Å². The monoisotopic (exact) mass is 523 g/mol. The third-order valence-corrected chi connectivity index (χ3v) is 7.72. The molecule has 3 N–H and O–H groups in total. The van der Waals surface area contributed by atoms with Gasteiger partial charge in [-0.25, -0.2) is 18.3 Å². The molecule has 3 heterocycles. The molecule has 0 spiro atoms. The number of hydrogen-bond acceptors (Lipinski definition) is 4. The average Bonchev–Trinajstić information content (AvgIpc) is 3.28. The minimum atomic E-state index is -0.952. The standard InChI is InChI=1S/C29H35F2N5O2/c1-3-19-6-5-7-20(4-2)27(19)36-28(21-14-24(31)26(15-23(21)30)33-29(32)37)22-17-35(11-8-25(22)34-36)16-18-9-12-38-13-10-18/h5-7,14-15,18H,3-4,8-13,16-17H2,1-2H3,(H3,32,33,37). The number of carbonyl (C=O) groups is 1. The second kappa shape index (κ2) is 11.2. The van der Waals surface area contributed by atoms with Gasteiger partial charge in [-0.15, -0.1) is 0 Å². The number of aryl methyl sites for hydroxylation is 2. The number of hydrogen-bond donors (Lipinski definition) is 2. The molecule has 1 aromatic heterocycles. The van der Waals surface area contributed by atoms with E-state index in [9.17, 15) is 4.79 Å². The highest BCUT2D eigenvalue weighted by Gasteiger charge is 2.30. The van der Waals surface area contributed by atoms with Crippen molar-refractivity contribution in [3.63, 3.8) is 0 Å². The minimum absolute atomic E-state index is 0.118. The van der Waals surface area contributed by atoms with Gasteiger partial charge in [-0.2, -0.15) is 5.10 Å². The first kappa shape index (κ1) is 26.3. The lowest BCUT2D eigenvalue weighted by Gasteiger charge is -2.32. The Bertz CT molecular complexity index is 1310. The lowest BCUT2D eigenvalue weighted by molar-refractivity contribution is 0.0506. The van der Waals surface area contributed by atoms with Crippen molar-refractivity contribution in [1.29, 1.82) is 0 Å². The SMILES string of the molecule is CCc1cccc(CC)c1-n1nc2c(c1-c1cc(F)c(NC(N)=O)cc1F)CN(CC1CCOCC1)CC2. The van der Waals surface area contributed by atoms with E-state index in [0.717, 1.165) is 98.6 Å². The smallest absolute Gasteiger partial charge is 0.316 e. The van der Waals surface area contributed by atoms with Crippen LogP contribution in [0.4, 0.5) is 19.3 Å². The van der Waals surface area contributed by atoms with E-state index in [1.165, 1.54) is 0 Å². The van der Waals surface area contributed by atoms with Gasteiger partial charge >= 0.3 is 6.03 Å². The van der Waals surface area contributed by atoms with Crippen LogP contribution in [0.3, 0.4) is 0 Å². The molecule has 7 nitrogen and oxygen atoms in total. The Hall–Kier alpha value is -3.30. The number of urea groups is 1. The number of amides is 2. The van der Waals surface area contributed by atoms with Crippen LogP contribution in [0.15, 0.2) is 30.3 Å². The lowest BCUT2D eigenvalue weighted by Crippen LogP contribution is -2.36. The maximum Gasteiger partial charge on any atom is 0.316 e. The summed E-state index contributed by atoms with van der Waals surface area (Å²) >= 11 is 0. The molecule has 2 amide bonds. The summed E-state index contributed by atoms with van der Waals surface area (Å²) in [5.74, 6) is -0.839. The van der Waals surface area contributed by atoms with Gasteiger partial charge in [0.05, 0.1) is 22.8 Å². The maximum absolute atomic E-state index is 15.7. The highest BCUT2D eigenvalue weighted by Crippen LogP contribution is 2.38. The predicted molar refractivity (Wildman–Crippen MR) is 143 cm³/mol. The van der Waals surface area contributed by atoms with Gasteiger partial charge in [0.15, 0.2) is 0 Å². The number of anilines is 1. The van der Waals surface area contributed by atoms with E-state index in [4.69, 9.17) is 15.6 Å². The summed E-state index contributed by atoms with van der Waals surface area (Å²) < 4.78 is 38.2. The third kappa shape index (κ3) is 5.17.